The molecule has 0 atom stereocenters. The molecule has 0 bridgehead atoms. The van der Waals surface area contributed by atoms with Gasteiger partial charge in [-0.3, -0.25) is 4.79 Å². The summed E-state index contributed by atoms with van der Waals surface area (Å²) in [6.45, 7) is 8.66. The average Bonchev–Trinajstić information content (AvgIpc) is 2.58. The molecule has 132 valence electrons. The third kappa shape index (κ3) is 5.75. The topological polar surface area (TPSA) is 55.4 Å². The Balaban J connectivity index is 1.90. The lowest BCUT2D eigenvalue weighted by Gasteiger charge is -2.19. The van der Waals surface area contributed by atoms with E-state index >= 15 is 0 Å². The molecule has 2 aromatic rings. The zero-order valence-electron chi connectivity index (χ0n) is 15.3. The molecule has 0 aromatic heterocycles. The lowest BCUT2D eigenvalue weighted by molar-refractivity contribution is -0.119. The number of benzene rings is 2. The second kappa shape index (κ2) is 7.97. The third-order valence-electron chi connectivity index (χ3n) is 3.92. The van der Waals surface area contributed by atoms with Gasteiger partial charge < -0.3 is 10.1 Å². The van der Waals surface area contributed by atoms with Crippen LogP contribution in [0.15, 0.2) is 48.5 Å². The summed E-state index contributed by atoms with van der Waals surface area (Å²) in [5.41, 5.74) is 3.75. The number of carbonyl (C=O) groups excluding carboxylic acids is 2. The van der Waals surface area contributed by atoms with E-state index < -0.39 is 0 Å². The van der Waals surface area contributed by atoms with Crippen LogP contribution in [-0.2, 0) is 28.1 Å². The van der Waals surface area contributed by atoms with Crippen LogP contribution in [0.25, 0.3) is 0 Å². The van der Waals surface area contributed by atoms with Crippen molar-refractivity contribution >= 4 is 11.9 Å². The van der Waals surface area contributed by atoms with E-state index in [9.17, 15) is 9.59 Å². The van der Waals surface area contributed by atoms with E-state index in [1.165, 1.54) is 12.5 Å². The molecule has 0 aliphatic carbocycles. The van der Waals surface area contributed by atoms with Crippen LogP contribution in [-0.4, -0.2) is 11.9 Å². The number of nitrogens with one attached hydrogen (secondary N) is 1. The minimum Gasteiger partial charge on any atom is -0.457 e. The molecule has 0 radical (unpaired) electrons. The highest BCUT2D eigenvalue weighted by Crippen LogP contribution is 2.22. The maximum absolute atomic E-state index is 12.1. The zero-order valence-corrected chi connectivity index (χ0v) is 15.3. The van der Waals surface area contributed by atoms with Crippen molar-refractivity contribution in [2.24, 2.45) is 0 Å². The van der Waals surface area contributed by atoms with Crippen LogP contribution in [0.2, 0.25) is 0 Å². The summed E-state index contributed by atoms with van der Waals surface area (Å²) in [5, 5.41) is 2.72. The molecule has 1 N–H and O–H groups in total. The number of rotatable bonds is 5. The van der Waals surface area contributed by atoms with Crippen LogP contribution < -0.4 is 5.32 Å². The van der Waals surface area contributed by atoms with Gasteiger partial charge in [-0.1, -0.05) is 57.2 Å². The molecule has 0 fully saturated rings. The van der Waals surface area contributed by atoms with Crippen molar-refractivity contribution in [3.8, 4) is 0 Å². The second-order valence-electron chi connectivity index (χ2n) is 7.13. The van der Waals surface area contributed by atoms with Crippen molar-refractivity contribution < 1.29 is 14.3 Å². The van der Waals surface area contributed by atoms with Gasteiger partial charge in [0.25, 0.3) is 0 Å². The van der Waals surface area contributed by atoms with Crippen LogP contribution in [0.1, 0.15) is 54.7 Å². The summed E-state index contributed by atoms with van der Waals surface area (Å²) >= 11 is 0. The van der Waals surface area contributed by atoms with Gasteiger partial charge >= 0.3 is 5.97 Å². The fourth-order valence-electron chi connectivity index (χ4n) is 2.32. The first kappa shape index (κ1) is 18.7. The minimum absolute atomic E-state index is 0.0824. The van der Waals surface area contributed by atoms with E-state index in [1.54, 1.807) is 12.1 Å². The van der Waals surface area contributed by atoms with E-state index in [1.807, 2.05) is 24.3 Å². The second-order valence-corrected chi connectivity index (χ2v) is 7.13. The lowest BCUT2D eigenvalue weighted by atomic mass is 9.87. The quantitative estimate of drug-likeness (QED) is 0.839. The van der Waals surface area contributed by atoms with Gasteiger partial charge in [-0.15, -0.1) is 0 Å². The highest BCUT2D eigenvalue weighted by molar-refractivity contribution is 5.89. The summed E-state index contributed by atoms with van der Waals surface area (Å²) < 4.78 is 5.37. The molecule has 0 aliphatic heterocycles. The van der Waals surface area contributed by atoms with Gasteiger partial charge in [0, 0.05) is 13.5 Å². The number of esters is 1. The van der Waals surface area contributed by atoms with E-state index in [-0.39, 0.29) is 23.9 Å². The Morgan fingerprint density at radius 1 is 0.920 bits per heavy atom. The number of hydrogen-bond donors (Lipinski definition) is 1. The van der Waals surface area contributed by atoms with E-state index in [2.05, 4.69) is 38.2 Å². The summed E-state index contributed by atoms with van der Waals surface area (Å²) in [6, 6.07) is 15.2. The van der Waals surface area contributed by atoms with Gasteiger partial charge in [0.2, 0.25) is 5.91 Å². The van der Waals surface area contributed by atoms with Crippen LogP contribution in [0.4, 0.5) is 0 Å². The number of carbonyl (C=O) groups is 2. The molecule has 4 nitrogen and oxygen atoms in total. The molecule has 2 rings (SSSR count). The van der Waals surface area contributed by atoms with Crippen LogP contribution in [0.3, 0.4) is 0 Å². The number of hydrogen-bond acceptors (Lipinski definition) is 3. The van der Waals surface area contributed by atoms with Gasteiger partial charge in [-0.05, 0) is 34.2 Å². The Morgan fingerprint density at radius 3 is 2.00 bits per heavy atom. The molecule has 0 heterocycles. The molecule has 4 heteroatoms. The Labute approximate surface area is 149 Å². The SMILES string of the molecule is CC(=O)NCc1ccc(C(=O)OCc2ccc(C(C)(C)C)cc2)cc1. The lowest BCUT2D eigenvalue weighted by Crippen LogP contribution is -2.18. The van der Waals surface area contributed by atoms with Crippen molar-refractivity contribution in [3.63, 3.8) is 0 Å². The Hall–Kier alpha value is -2.62. The highest BCUT2D eigenvalue weighted by atomic mass is 16.5. The Bertz CT molecular complexity index is 725. The van der Waals surface area contributed by atoms with E-state index in [0.29, 0.717) is 12.1 Å². The predicted octanol–water partition coefficient (Wildman–Crippen LogP) is 3.98. The summed E-state index contributed by atoms with van der Waals surface area (Å²) in [7, 11) is 0. The minimum atomic E-state index is -0.356. The van der Waals surface area contributed by atoms with Crippen LogP contribution in [0.5, 0.6) is 0 Å². The normalized spacial score (nSPS) is 11.0. The summed E-state index contributed by atoms with van der Waals surface area (Å²) in [5.74, 6) is -0.438. The van der Waals surface area contributed by atoms with Gasteiger partial charge in [0.1, 0.15) is 6.61 Å². The van der Waals surface area contributed by atoms with Crippen molar-refractivity contribution in [3.05, 3.63) is 70.8 Å². The predicted molar refractivity (Wildman–Crippen MR) is 98.2 cm³/mol. The molecule has 25 heavy (non-hydrogen) atoms. The van der Waals surface area contributed by atoms with Crippen molar-refractivity contribution in [2.45, 2.75) is 46.3 Å². The van der Waals surface area contributed by atoms with Gasteiger partial charge in [-0.25, -0.2) is 4.79 Å². The summed E-state index contributed by atoms with van der Waals surface area (Å²) in [4.78, 5) is 23.0. The van der Waals surface area contributed by atoms with Crippen molar-refractivity contribution in [2.75, 3.05) is 0 Å². The van der Waals surface area contributed by atoms with Crippen molar-refractivity contribution in [1.82, 2.24) is 5.32 Å². The van der Waals surface area contributed by atoms with E-state index in [0.717, 1.165) is 11.1 Å². The monoisotopic (exact) mass is 339 g/mol. The first-order chi connectivity index (χ1) is 11.8. The maximum Gasteiger partial charge on any atom is 0.338 e. The first-order valence-electron chi connectivity index (χ1n) is 8.35. The van der Waals surface area contributed by atoms with Gasteiger partial charge in [0.05, 0.1) is 5.56 Å². The number of amides is 1. The van der Waals surface area contributed by atoms with Crippen LogP contribution in [0, 0.1) is 0 Å². The van der Waals surface area contributed by atoms with E-state index in [4.69, 9.17) is 4.74 Å². The molecule has 0 aliphatic rings. The Morgan fingerprint density at radius 2 is 1.48 bits per heavy atom. The molecule has 0 saturated carbocycles. The highest BCUT2D eigenvalue weighted by Gasteiger charge is 2.13. The smallest absolute Gasteiger partial charge is 0.338 e. The summed E-state index contributed by atoms with van der Waals surface area (Å²) in [6.07, 6.45) is 0. The molecule has 2 aromatic carbocycles. The third-order valence-corrected chi connectivity index (χ3v) is 3.92. The average molecular weight is 339 g/mol. The molecular formula is C21H25NO3. The zero-order chi connectivity index (χ0) is 18.4. The standard InChI is InChI=1S/C21H25NO3/c1-15(23)22-13-16-5-9-18(10-6-16)20(24)25-14-17-7-11-19(12-8-17)21(2,3)4/h5-12H,13-14H2,1-4H3,(H,22,23). The van der Waals surface area contributed by atoms with Crippen LogP contribution >= 0.6 is 0 Å². The largest absolute Gasteiger partial charge is 0.457 e. The first-order valence-corrected chi connectivity index (χ1v) is 8.35. The molecule has 0 saturated heterocycles. The molecule has 0 spiro atoms. The molecular weight excluding hydrogens is 314 g/mol. The number of ether oxygens (including phenoxy) is 1. The maximum atomic E-state index is 12.1. The van der Waals surface area contributed by atoms with Gasteiger partial charge in [0.15, 0.2) is 0 Å². The fraction of sp³-hybridized carbons (Fsp3) is 0.333. The Kier molecular flexibility index (Phi) is 5.97. The fourth-order valence-corrected chi connectivity index (χ4v) is 2.32. The van der Waals surface area contributed by atoms with Crippen molar-refractivity contribution in [1.29, 1.82) is 0 Å². The van der Waals surface area contributed by atoms with Gasteiger partial charge in [-0.2, -0.15) is 0 Å². The molecule has 1 amide bonds. The molecule has 0 unspecified atom stereocenters.